The maximum Gasteiger partial charge on any atom is 0.323 e. The van der Waals surface area contributed by atoms with Crippen LogP contribution in [0.2, 0.25) is 10.0 Å². The molecule has 98 valence electrons. The van der Waals surface area contributed by atoms with Crippen molar-refractivity contribution in [3.63, 3.8) is 0 Å². The SMILES string of the molecule is CCN(CC(=O)O)C(=O)Nc1cc(Cl)cc(Cl)c1. The number of amides is 2. The van der Waals surface area contributed by atoms with Gasteiger partial charge in [0.1, 0.15) is 6.54 Å². The highest BCUT2D eigenvalue weighted by Crippen LogP contribution is 2.22. The molecule has 0 atom stereocenters. The van der Waals surface area contributed by atoms with E-state index in [1.54, 1.807) is 6.92 Å². The molecule has 0 heterocycles. The van der Waals surface area contributed by atoms with Crippen LogP contribution in [0.3, 0.4) is 0 Å². The second-order valence-electron chi connectivity index (χ2n) is 3.50. The standard InChI is InChI=1S/C11H12Cl2N2O3/c1-2-15(6-10(16)17)11(18)14-9-4-7(12)3-8(13)5-9/h3-5H,2,6H2,1H3,(H,14,18)(H,16,17). The summed E-state index contributed by atoms with van der Waals surface area (Å²) in [7, 11) is 0. The number of carboxylic acids is 1. The molecular weight excluding hydrogens is 279 g/mol. The molecule has 0 aliphatic carbocycles. The number of benzene rings is 1. The Hall–Kier alpha value is -1.46. The second kappa shape index (κ2) is 6.47. The molecule has 1 aromatic carbocycles. The number of rotatable bonds is 4. The van der Waals surface area contributed by atoms with Gasteiger partial charge in [0, 0.05) is 22.3 Å². The lowest BCUT2D eigenvalue weighted by Gasteiger charge is -2.19. The summed E-state index contributed by atoms with van der Waals surface area (Å²) in [6.45, 7) is 1.61. The van der Waals surface area contributed by atoms with Gasteiger partial charge in [-0.1, -0.05) is 23.2 Å². The van der Waals surface area contributed by atoms with E-state index in [1.165, 1.54) is 18.2 Å². The Morgan fingerprint density at radius 2 is 1.83 bits per heavy atom. The van der Waals surface area contributed by atoms with Crippen LogP contribution < -0.4 is 5.32 Å². The minimum Gasteiger partial charge on any atom is -0.480 e. The van der Waals surface area contributed by atoms with Gasteiger partial charge in [-0.3, -0.25) is 4.79 Å². The number of aliphatic carboxylic acids is 1. The molecule has 0 radical (unpaired) electrons. The first-order valence-corrected chi connectivity index (χ1v) is 5.91. The third kappa shape index (κ3) is 4.43. The Kier molecular flexibility index (Phi) is 5.25. The maximum absolute atomic E-state index is 11.8. The molecule has 5 nitrogen and oxygen atoms in total. The van der Waals surface area contributed by atoms with Crippen LogP contribution in [0, 0.1) is 0 Å². The molecule has 0 unspecified atom stereocenters. The molecule has 7 heteroatoms. The van der Waals surface area contributed by atoms with E-state index >= 15 is 0 Å². The fourth-order valence-electron chi connectivity index (χ4n) is 1.32. The lowest BCUT2D eigenvalue weighted by atomic mass is 10.3. The number of carboxylic acid groups (broad SMARTS) is 1. The molecule has 0 aromatic heterocycles. The topological polar surface area (TPSA) is 69.6 Å². The van der Waals surface area contributed by atoms with E-state index in [2.05, 4.69) is 5.32 Å². The number of hydrogen-bond acceptors (Lipinski definition) is 2. The van der Waals surface area contributed by atoms with Crippen molar-refractivity contribution >= 4 is 40.9 Å². The van der Waals surface area contributed by atoms with E-state index in [0.29, 0.717) is 15.7 Å². The number of nitrogens with one attached hydrogen (secondary N) is 1. The zero-order chi connectivity index (χ0) is 13.7. The lowest BCUT2D eigenvalue weighted by Crippen LogP contribution is -2.38. The molecule has 0 saturated carbocycles. The van der Waals surface area contributed by atoms with Crippen LogP contribution in [0.5, 0.6) is 0 Å². The maximum atomic E-state index is 11.8. The highest BCUT2D eigenvalue weighted by atomic mass is 35.5. The Labute approximate surface area is 114 Å². The van der Waals surface area contributed by atoms with Crippen molar-refractivity contribution < 1.29 is 14.7 Å². The van der Waals surface area contributed by atoms with Gasteiger partial charge in [0.15, 0.2) is 0 Å². The predicted molar refractivity (Wildman–Crippen MR) is 70.4 cm³/mol. The molecule has 0 aliphatic rings. The molecule has 0 spiro atoms. The fraction of sp³-hybridized carbons (Fsp3) is 0.273. The van der Waals surface area contributed by atoms with E-state index in [0.717, 1.165) is 4.90 Å². The minimum atomic E-state index is -1.07. The van der Waals surface area contributed by atoms with Crippen molar-refractivity contribution in [1.29, 1.82) is 0 Å². The van der Waals surface area contributed by atoms with Gasteiger partial charge in [-0.15, -0.1) is 0 Å². The van der Waals surface area contributed by atoms with Crippen LogP contribution in [-0.4, -0.2) is 35.1 Å². The van der Waals surface area contributed by atoms with E-state index < -0.39 is 12.0 Å². The van der Waals surface area contributed by atoms with E-state index in [4.69, 9.17) is 28.3 Å². The van der Waals surface area contributed by atoms with Crippen LogP contribution in [0.25, 0.3) is 0 Å². The van der Waals surface area contributed by atoms with Gasteiger partial charge in [0.05, 0.1) is 0 Å². The monoisotopic (exact) mass is 290 g/mol. The smallest absolute Gasteiger partial charge is 0.323 e. The second-order valence-corrected chi connectivity index (χ2v) is 4.37. The molecule has 1 aromatic rings. The molecule has 2 N–H and O–H groups in total. The molecule has 1 rings (SSSR count). The average molecular weight is 291 g/mol. The zero-order valence-electron chi connectivity index (χ0n) is 9.61. The number of likely N-dealkylation sites (N-methyl/N-ethyl adjacent to an activating group) is 1. The van der Waals surface area contributed by atoms with Crippen LogP contribution in [0.15, 0.2) is 18.2 Å². The number of halogens is 2. The number of hydrogen-bond donors (Lipinski definition) is 2. The minimum absolute atomic E-state index is 0.284. The molecule has 0 bridgehead atoms. The van der Waals surface area contributed by atoms with Gasteiger partial charge in [0.25, 0.3) is 0 Å². The normalized spacial score (nSPS) is 9.94. The highest BCUT2D eigenvalue weighted by molar-refractivity contribution is 6.35. The molecule has 0 aliphatic heterocycles. The summed E-state index contributed by atoms with van der Waals surface area (Å²) in [6, 6.07) is 4.08. The number of urea groups is 1. The predicted octanol–water partition coefficient (Wildman–Crippen LogP) is 2.93. The fourth-order valence-corrected chi connectivity index (χ4v) is 1.85. The quantitative estimate of drug-likeness (QED) is 0.896. The van der Waals surface area contributed by atoms with Crippen LogP contribution in [-0.2, 0) is 4.79 Å². The Morgan fingerprint density at radius 3 is 2.28 bits per heavy atom. The zero-order valence-corrected chi connectivity index (χ0v) is 11.1. The molecule has 0 saturated heterocycles. The lowest BCUT2D eigenvalue weighted by molar-refractivity contribution is -0.137. The van der Waals surface area contributed by atoms with Gasteiger partial charge < -0.3 is 15.3 Å². The molecule has 0 fully saturated rings. The van der Waals surface area contributed by atoms with E-state index in [9.17, 15) is 9.59 Å². The van der Waals surface area contributed by atoms with Gasteiger partial charge in [0.2, 0.25) is 0 Å². The number of nitrogens with zero attached hydrogens (tertiary/aromatic N) is 1. The highest BCUT2D eigenvalue weighted by Gasteiger charge is 2.15. The van der Waals surface area contributed by atoms with Crippen LogP contribution in [0.1, 0.15) is 6.92 Å². The first-order chi connectivity index (χ1) is 8.42. The van der Waals surface area contributed by atoms with Crippen molar-refractivity contribution in [3.05, 3.63) is 28.2 Å². The summed E-state index contributed by atoms with van der Waals surface area (Å²) in [5.41, 5.74) is 0.418. The summed E-state index contributed by atoms with van der Waals surface area (Å²) in [5, 5.41) is 12.0. The van der Waals surface area contributed by atoms with E-state index in [-0.39, 0.29) is 13.1 Å². The van der Waals surface area contributed by atoms with Gasteiger partial charge in [-0.2, -0.15) is 0 Å². The molecule has 2 amide bonds. The largest absolute Gasteiger partial charge is 0.480 e. The van der Waals surface area contributed by atoms with Crippen molar-refractivity contribution in [2.45, 2.75) is 6.92 Å². The summed E-state index contributed by atoms with van der Waals surface area (Å²) in [6.07, 6.45) is 0. The summed E-state index contributed by atoms with van der Waals surface area (Å²) in [4.78, 5) is 23.5. The van der Waals surface area contributed by atoms with Crippen molar-refractivity contribution in [1.82, 2.24) is 4.90 Å². The summed E-state index contributed by atoms with van der Waals surface area (Å²) < 4.78 is 0. The number of carbonyl (C=O) groups excluding carboxylic acids is 1. The van der Waals surface area contributed by atoms with Crippen LogP contribution >= 0.6 is 23.2 Å². The first kappa shape index (κ1) is 14.6. The number of carbonyl (C=O) groups is 2. The Balaban J connectivity index is 2.76. The average Bonchev–Trinajstić information content (AvgIpc) is 2.23. The van der Waals surface area contributed by atoms with E-state index in [1.807, 2.05) is 0 Å². The van der Waals surface area contributed by atoms with Crippen molar-refractivity contribution in [2.75, 3.05) is 18.4 Å². The Morgan fingerprint density at radius 1 is 1.28 bits per heavy atom. The summed E-state index contributed by atoms with van der Waals surface area (Å²) >= 11 is 11.6. The third-order valence-corrected chi connectivity index (χ3v) is 2.55. The van der Waals surface area contributed by atoms with Gasteiger partial charge >= 0.3 is 12.0 Å². The molecule has 18 heavy (non-hydrogen) atoms. The van der Waals surface area contributed by atoms with Gasteiger partial charge in [-0.05, 0) is 25.1 Å². The third-order valence-electron chi connectivity index (χ3n) is 2.11. The van der Waals surface area contributed by atoms with Crippen LogP contribution in [0.4, 0.5) is 10.5 Å². The van der Waals surface area contributed by atoms with Crippen molar-refractivity contribution in [2.24, 2.45) is 0 Å². The molecular formula is C11H12Cl2N2O3. The van der Waals surface area contributed by atoms with Crippen molar-refractivity contribution in [3.8, 4) is 0 Å². The summed E-state index contributed by atoms with van der Waals surface area (Å²) in [5.74, 6) is -1.07. The van der Waals surface area contributed by atoms with Gasteiger partial charge in [-0.25, -0.2) is 4.79 Å². The number of anilines is 1. The Bertz CT molecular complexity index is 445. The first-order valence-electron chi connectivity index (χ1n) is 5.16.